The molecule has 2 N–H and O–H groups in total. The summed E-state index contributed by atoms with van der Waals surface area (Å²) in [7, 11) is 0. The third-order valence-electron chi connectivity index (χ3n) is 2.12. The Morgan fingerprint density at radius 1 is 1.62 bits per heavy atom. The molecule has 8 heteroatoms. The lowest BCUT2D eigenvalue weighted by atomic mass is 10.5. The van der Waals surface area contributed by atoms with Gasteiger partial charge in [-0.2, -0.15) is 0 Å². The first-order valence-electron chi connectivity index (χ1n) is 4.50. The van der Waals surface area contributed by atoms with E-state index in [-0.39, 0.29) is 13.2 Å². The van der Waals surface area contributed by atoms with Gasteiger partial charge >= 0.3 is 5.69 Å². The topological polar surface area (TPSA) is 93.6 Å². The Morgan fingerprint density at radius 3 is 3.00 bits per heavy atom. The van der Waals surface area contributed by atoms with E-state index in [4.69, 9.17) is 14.6 Å². The summed E-state index contributed by atoms with van der Waals surface area (Å²) in [4.78, 5) is 24.8. The maximum Gasteiger partial charge on any atom is 0.330 e. The monoisotopic (exact) mass is 340 g/mol. The van der Waals surface area contributed by atoms with E-state index in [0.717, 1.165) is 0 Å². The summed E-state index contributed by atoms with van der Waals surface area (Å²) in [5.41, 5.74) is -0.989. The molecule has 88 valence electrons. The Morgan fingerprint density at radius 2 is 2.38 bits per heavy atom. The van der Waals surface area contributed by atoms with Gasteiger partial charge < -0.3 is 14.6 Å². The predicted molar refractivity (Wildman–Crippen MR) is 61.0 cm³/mol. The van der Waals surface area contributed by atoms with Gasteiger partial charge in [0.1, 0.15) is 0 Å². The molecule has 2 rings (SSSR count). The van der Waals surface area contributed by atoms with Gasteiger partial charge in [0, 0.05) is 6.20 Å². The van der Waals surface area contributed by atoms with Crippen molar-refractivity contribution in [2.75, 3.05) is 13.2 Å². The molecule has 0 radical (unpaired) electrons. The predicted octanol–water partition coefficient (Wildman–Crippen LogP) is -0.995. The highest BCUT2D eigenvalue weighted by atomic mass is 127. The van der Waals surface area contributed by atoms with Crippen molar-refractivity contribution in [2.24, 2.45) is 0 Å². The van der Waals surface area contributed by atoms with Gasteiger partial charge in [-0.15, -0.1) is 0 Å². The first kappa shape index (κ1) is 11.8. The van der Waals surface area contributed by atoms with Crippen molar-refractivity contribution in [3.63, 3.8) is 0 Å². The van der Waals surface area contributed by atoms with Crippen LogP contribution >= 0.6 is 22.6 Å². The maximum absolute atomic E-state index is 11.5. The molecule has 1 aromatic rings. The van der Waals surface area contributed by atoms with Crippen LogP contribution < -0.4 is 11.2 Å². The van der Waals surface area contributed by atoms with Crippen molar-refractivity contribution in [1.29, 1.82) is 0 Å². The van der Waals surface area contributed by atoms with Gasteiger partial charge in [0.2, 0.25) is 0 Å². The summed E-state index contributed by atoms with van der Waals surface area (Å²) in [6.45, 7) is -0.112. The average Bonchev–Trinajstić information content (AvgIpc) is 2.71. The fourth-order valence-electron chi connectivity index (χ4n) is 1.36. The van der Waals surface area contributed by atoms with Crippen LogP contribution in [0.15, 0.2) is 15.8 Å². The van der Waals surface area contributed by atoms with E-state index < -0.39 is 23.8 Å². The molecular formula is C8H9IN2O5. The van der Waals surface area contributed by atoms with E-state index in [0.29, 0.717) is 3.57 Å². The number of H-pyrrole nitrogens is 1. The van der Waals surface area contributed by atoms with Crippen molar-refractivity contribution < 1.29 is 14.6 Å². The van der Waals surface area contributed by atoms with E-state index in [9.17, 15) is 9.59 Å². The zero-order valence-electron chi connectivity index (χ0n) is 8.05. The minimum absolute atomic E-state index is 0.160. The van der Waals surface area contributed by atoms with E-state index >= 15 is 0 Å². The molecule has 0 bridgehead atoms. The first-order valence-corrected chi connectivity index (χ1v) is 5.58. The fraction of sp³-hybridized carbons (Fsp3) is 0.500. The number of rotatable bonds is 2. The van der Waals surface area contributed by atoms with E-state index in [1.165, 1.54) is 10.8 Å². The number of aromatic amines is 1. The number of nitrogens with one attached hydrogen (secondary N) is 1. The third kappa shape index (κ3) is 2.19. The second-order valence-corrected chi connectivity index (χ2v) is 4.34. The second kappa shape index (κ2) is 4.65. The molecule has 2 heterocycles. The quantitative estimate of drug-likeness (QED) is 0.674. The van der Waals surface area contributed by atoms with Crippen LogP contribution in [0.4, 0.5) is 0 Å². The fourth-order valence-corrected chi connectivity index (χ4v) is 1.79. The zero-order chi connectivity index (χ0) is 11.7. The van der Waals surface area contributed by atoms with Crippen molar-refractivity contribution in [2.45, 2.75) is 12.5 Å². The molecule has 16 heavy (non-hydrogen) atoms. The smallest absolute Gasteiger partial charge is 0.330 e. The van der Waals surface area contributed by atoms with Crippen molar-refractivity contribution >= 4 is 22.6 Å². The molecule has 1 saturated heterocycles. The molecule has 0 aromatic carbocycles. The van der Waals surface area contributed by atoms with Crippen LogP contribution in [0.2, 0.25) is 0 Å². The molecule has 7 nitrogen and oxygen atoms in total. The van der Waals surface area contributed by atoms with Crippen molar-refractivity contribution in [3.8, 4) is 0 Å². The Kier molecular flexibility index (Phi) is 3.42. The Bertz CT molecular complexity index is 496. The first-order chi connectivity index (χ1) is 7.61. The minimum atomic E-state index is -0.721. The Labute approximate surface area is 103 Å². The molecule has 0 spiro atoms. The molecule has 0 saturated carbocycles. The van der Waals surface area contributed by atoms with Crippen LogP contribution in [-0.2, 0) is 9.47 Å². The number of aliphatic hydroxyl groups excluding tert-OH is 1. The largest absolute Gasteiger partial charge is 0.391 e. The molecule has 0 unspecified atom stereocenters. The van der Waals surface area contributed by atoms with Gasteiger partial charge in [-0.25, -0.2) is 4.79 Å². The van der Waals surface area contributed by atoms with Crippen LogP contribution in [0, 0.1) is 3.57 Å². The molecular weight excluding hydrogens is 331 g/mol. The van der Waals surface area contributed by atoms with Gasteiger partial charge in [0.05, 0.1) is 16.8 Å². The SMILES string of the molecule is O=c1[nH]c(=O)n([C@@H]2CO[C@@H](CO)O2)cc1I. The number of ether oxygens (including phenoxy) is 2. The van der Waals surface area contributed by atoms with Crippen molar-refractivity contribution in [3.05, 3.63) is 30.6 Å². The lowest BCUT2D eigenvalue weighted by Crippen LogP contribution is -2.34. The van der Waals surface area contributed by atoms with Gasteiger partial charge in [-0.3, -0.25) is 14.3 Å². The Balaban J connectivity index is 2.32. The summed E-state index contributed by atoms with van der Waals surface area (Å²) < 4.78 is 11.9. The zero-order valence-corrected chi connectivity index (χ0v) is 10.2. The molecule has 1 aliphatic rings. The normalized spacial score (nSPS) is 24.9. The summed E-state index contributed by atoms with van der Waals surface area (Å²) in [5, 5.41) is 8.80. The van der Waals surface area contributed by atoms with E-state index in [1.807, 2.05) is 22.6 Å². The molecule has 0 aliphatic carbocycles. The van der Waals surface area contributed by atoms with Gasteiger partial charge in [-0.1, -0.05) is 0 Å². The lowest BCUT2D eigenvalue weighted by Gasteiger charge is -2.12. The van der Waals surface area contributed by atoms with Gasteiger partial charge in [-0.05, 0) is 22.6 Å². The number of aromatic nitrogens is 2. The number of halogens is 1. The summed E-state index contributed by atoms with van der Waals surface area (Å²) in [6.07, 6.45) is 0.0618. The number of aliphatic hydroxyl groups is 1. The number of hydrogen-bond acceptors (Lipinski definition) is 5. The highest BCUT2D eigenvalue weighted by Gasteiger charge is 2.27. The van der Waals surface area contributed by atoms with Gasteiger partial charge in [0.15, 0.2) is 12.5 Å². The lowest BCUT2D eigenvalue weighted by molar-refractivity contribution is -0.0993. The van der Waals surface area contributed by atoms with Crippen LogP contribution in [0.25, 0.3) is 0 Å². The summed E-state index contributed by atoms with van der Waals surface area (Å²) >= 11 is 1.82. The van der Waals surface area contributed by atoms with Crippen LogP contribution in [0.1, 0.15) is 6.23 Å². The standard InChI is InChI=1S/C8H9IN2O5/c9-4-1-11(8(14)10-7(4)13)5-3-15-6(2-12)16-5/h1,5-6,12H,2-3H2,(H,10,13,14)/t5-,6+/m0/s1. The third-order valence-corrected chi connectivity index (χ3v) is 2.89. The molecule has 2 atom stereocenters. The van der Waals surface area contributed by atoms with Crippen LogP contribution in [0.3, 0.4) is 0 Å². The van der Waals surface area contributed by atoms with E-state index in [2.05, 4.69) is 4.98 Å². The summed E-state index contributed by atoms with van der Waals surface area (Å²) in [6, 6.07) is 0. The molecule has 1 aliphatic heterocycles. The van der Waals surface area contributed by atoms with Crippen LogP contribution in [0.5, 0.6) is 0 Å². The molecule has 1 fully saturated rings. The second-order valence-electron chi connectivity index (χ2n) is 3.18. The molecule has 1 aromatic heterocycles. The van der Waals surface area contributed by atoms with Gasteiger partial charge in [0.25, 0.3) is 5.56 Å². The average molecular weight is 340 g/mol. The van der Waals surface area contributed by atoms with E-state index in [1.54, 1.807) is 0 Å². The number of nitrogens with zero attached hydrogens (tertiary/aromatic N) is 1. The minimum Gasteiger partial charge on any atom is -0.391 e. The highest BCUT2D eigenvalue weighted by molar-refractivity contribution is 14.1. The maximum atomic E-state index is 11.5. The summed E-state index contributed by atoms with van der Waals surface area (Å²) in [5.74, 6) is 0. The Hall–Kier alpha value is -0.710. The van der Waals surface area contributed by atoms with Crippen LogP contribution in [-0.4, -0.2) is 34.2 Å². The number of hydrogen-bond donors (Lipinski definition) is 2. The van der Waals surface area contributed by atoms with Crippen molar-refractivity contribution in [1.82, 2.24) is 9.55 Å². The highest BCUT2D eigenvalue weighted by Crippen LogP contribution is 2.18. The molecule has 0 amide bonds.